The number of rotatable bonds is 3. The molecule has 88 valence electrons. The van der Waals surface area contributed by atoms with E-state index in [1.807, 2.05) is 19.0 Å². The molecule has 0 aliphatic heterocycles. The van der Waals surface area contributed by atoms with E-state index in [1.54, 1.807) is 0 Å². The van der Waals surface area contributed by atoms with E-state index in [9.17, 15) is 4.79 Å². The Morgan fingerprint density at radius 2 is 1.73 bits per heavy atom. The van der Waals surface area contributed by atoms with E-state index in [0.717, 1.165) is 0 Å². The Hall–Kier alpha value is -0.570. The number of carbonyl (C=O) groups excluding carboxylic acids is 1. The van der Waals surface area contributed by atoms with Gasteiger partial charge in [-0.2, -0.15) is 0 Å². The van der Waals surface area contributed by atoms with Crippen molar-refractivity contribution in [2.24, 2.45) is 0 Å². The molecule has 1 amide bonds. The van der Waals surface area contributed by atoms with Crippen LogP contribution in [0.4, 0.5) is 0 Å². The van der Waals surface area contributed by atoms with Gasteiger partial charge in [0.2, 0.25) is 5.91 Å². The molecule has 1 rings (SSSR count). The number of hydrogen-bond donors (Lipinski definition) is 1. The fourth-order valence-corrected chi connectivity index (χ4v) is 2.30. The second-order valence-electron chi connectivity index (χ2n) is 4.53. The molecule has 0 radical (unpaired) electrons. The molecular formula is C12H24N2O. The van der Waals surface area contributed by atoms with Gasteiger partial charge in [0.25, 0.3) is 0 Å². The van der Waals surface area contributed by atoms with E-state index in [4.69, 9.17) is 0 Å². The first-order chi connectivity index (χ1) is 7.25. The van der Waals surface area contributed by atoms with Crippen molar-refractivity contribution in [1.29, 1.82) is 0 Å². The SMILES string of the molecule is CNCC(=O)N(C)C1CCCCCCC1. The van der Waals surface area contributed by atoms with Gasteiger partial charge in [0.1, 0.15) is 0 Å². The van der Waals surface area contributed by atoms with Crippen molar-refractivity contribution in [3.63, 3.8) is 0 Å². The lowest BCUT2D eigenvalue weighted by molar-refractivity contribution is -0.131. The third-order valence-corrected chi connectivity index (χ3v) is 3.34. The van der Waals surface area contributed by atoms with Gasteiger partial charge < -0.3 is 10.2 Å². The average molecular weight is 212 g/mol. The second kappa shape index (κ2) is 6.83. The Labute approximate surface area is 93.2 Å². The van der Waals surface area contributed by atoms with Gasteiger partial charge in [-0.3, -0.25) is 4.79 Å². The topological polar surface area (TPSA) is 32.3 Å². The zero-order valence-corrected chi connectivity index (χ0v) is 10.1. The lowest BCUT2D eigenvalue weighted by Crippen LogP contribution is -2.41. The maximum atomic E-state index is 11.7. The molecule has 0 unspecified atom stereocenters. The molecule has 3 heteroatoms. The van der Waals surface area contributed by atoms with Crippen LogP contribution in [0.3, 0.4) is 0 Å². The van der Waals surface area contributed by atoms with Gasteiger partial charge >= 0.3 is 0 Å². The predicted molar refractivity (Wildman–Crippen MR) is 62.8 cm³/mol. The summed E-state index contributed by atoms with van der Waals surface area (Å²) in [5, 5.41) is 2.92. The van der Waals surface area contributed by atoms with Gasteiger partial charge in [0.15, 0.2) is 0 Å². The summed E-state index contributed by atoms with van der Waals surface area (Å²) in [5.74, 6) is 0.225. The van der Waals surface area contributed by atoms with Crippen molar-refractivity contribution in [2.75, 3.05) is 20.6 Å². The molecule has 0 aromatic carbocycles. The monoisotopic (exact) mass is 212 g/mol. The standard InChI is InChI=1S/C12H24N2O/c1-13-10-12(15)14(2)11-8-6-4-3-5-7-9-11/h11,13H,3-10H2,1-2H3. The highest BCUT2D eigenvalue weighted by Gasteiger charge is 2.19. The quantitative estimate of drug-likeness (QED) is 0.773. The van der Waals surface area contributed by atoms with Crippen molar-refractivity contribution in [3.8, 4) is 0 Å². The van der Waals surface area contributed by atoms with Crippen LogP contribution in [0.5, 0.6) is 0 Å². The third-order valence-electron chi connectivity index (χ3n) is 3.34. The number of hydrogen-bond acceptors (Lipinski definition) is 2. The lowest BCUT2D eigenvalue weighted by atomic mass is 9.96. The van der Waals surface area contributed by atoms with Crippen molar-refractivity contribution < 1.29 is 4.79 Å². The zero-order valence-electron chi connectivity index (χ0n) is 10.1. The Kier molecular flexibility index (Phi) is 5.69. The fourth-order valence-electron chi connectivity index (χ4n) is 2.30. The fraction of sp³-hybridized carbons (Fsp3) is 0.917. The van der Waals surface area contributed by atoms with Gasteiger partial charge in [-0.1, -0.05) is 32.1 Å². The van der Waals surface area contributed by atoms with Crippen molar-refractivity contribution >= 4 is 5.91 Å². The van der Waals surface area contributed by atoms with Crippen molar-refractivity contribution in [2.45, 2.75) is 51.0 Å². The molecule has 1 N–H and O–H groups in total. The van der Waals surface area contributed by atoms with Gasteiger partial charge in [0, 0.05) is 13.1 Å². The summed E-state index contributed by atoms with van der Waals surface area (Å²) in [5.41, 5.74) is 0. The smallest absolute Gasteiger partial charge is 0.236 e. The molecule has 0 aromatic heterocycles. The Balaban J connectivity index is 2.40. The molecule has 1 aliphatic rings. The molecule has 0 bridgehead atoms. The molecule has 0 spiro atoms. The van der Waals surface area contributed by atoms with E-state index in [-0.39, 0.29) is 5.91 Å². The Morgan fingerprint density at radius 3 is 2.27 bits per heavy atom. The summed E-state index contributed by atoms with van der Waals surface area (Å²) in [6.45, 7) is 0.465. The van der Waals surface area contributed by atoms with Crippen LogP contribution in [0, 0.1) is 0 Å². The highest BCUT2D eigenvalue weighted by atomic mass is 16.2. The van der Waals surface area contributed by atoms with Gasteiger partial charge in [-0.25, -0.2) is 0 Å². The minimum atomic E-state index is 0.225. The maximum absolute atomic E-state index is 11.7. The summed E-state index contributed by atoms with van der Waals surface area (Å²) >= 11 is 0. The van der Waals surface area contributed by atoms with Gasteiger partial charge in [-0.05, 0) is 19.9 Å². The van der Waals surface area contributed by atoms with E-state index < -0.39 is 0 Å². The molecule has 1 aliphatic carbocycles. The van der Waals surface area contributed by atoms with E-state index in [1.165, 1.54) is 44.9 Å². The van der Waals surface area contributed by atoms with E-state index in [0.29, 0.717) is 12.6 Å². The molecule has 1 saturated carbocycles. The molecule has 0 atom stereocenters. The highest BCUT2D eigenvalue weighted by Crippen LogP contribution is 2.20. The van der Waals surface area contributed by atoms with Crippen LogP contribution in [-0.2, 0) is 4.79 Å². The highest BCUT2D eigenvalue weighted by molar-refractivity contribution is 5.78. The summed E-state index contributed by atoms with van der Waals surface area (Å²) < 4.78 is 0. The van der Waals surface area contributed by atoms with Gasteiger partial charge in [-0.15, -0.1) is 0 Å². The van der Waals surface area contributed by atoms with E-state index >= 15 is 0 Å². The molecule has 1 fully saturated rings. The molecular weight excluding hydrogens is 188 g/mol. The first kappa shape index (κ1) is 12.5. The Morgan fingerprint density at radius 1 is 1.20 bits per heavy atom. The predicted octanol–water partition coefficient (Wildman–Crippen LogP) is 1.78. The summed E-state index contributed by atoms with van der Waals surface area (Å²) in [4.78, 5) is 13.7. The second-order valence-corrected chi connectivity index (χ2v) is 4.53. The third kappa shape index (κ3) is 4.20. The van der Waals surface area contributed by atoms with Crippen molar-refractivity contribution in [3.05, 3.63) is 0 Å². The summed E-state index contributed by atoms with van der Waals surface area (Å²) in [6, 6.07) is 0.478. The zero-order chi connectivity index (χ0) is 11.1. The van der Waals surface area contributed by atoms with E-state index in [2.05, 4.69) is 5.32 Å². The maximum Gasteiger partial charge on any atom is 0.236 e. The first-order valence-electron chi connectivity index (χ1n) is 6.16. The van der Waals surface area contributed by atoms with Crippen LogP contribution in [0.25, 0.3) is 0 Å². The summed E-state index contributed by atoms with van der Waals surface area (Å²) in [6.07, 6.45) is 8.98. The van der Waals surface area contributed by atoms with Crippen LogP contribution < -0.4 is 5.32 Å². The number of nitrogens with zero attached hydrogens (tertiary/aromatic N) is 1. The minimum absolute atomic E-state index is 0.225. The lowest BCUT2D eigenvalue weighted by Gasteiger charge is -2.29. The Bertz CT molecular complexity index is 186. The average Bonchev–Trinajstić information content (AvgIpc) is 2.16. The van der Waals surface area contributed by atoms with Crippen molar-refractivity contribution in [1.82, 2.24) is 10.2 Å². The molecule has 0 saturated heterocycles. The van der Waals surface area contributed by atoms with Crippen LogP contribution in [0.2, 0.25) is 0 Å². The number of likely N-dealkylation sites (N-methyl/N-ethyl adjacent to an activating group) is 2. The molecule has 0 heterocycles. The van der Waals surface area contributed by atoms with Crippen LogP contribution in [-0.4, -0.2) is 37.5 Å². The van der Waals surface area contributed by atoms with Crippen LogP contribution >= 0.6 is 0 Å². The molecule has 15 heavy (non-hydrogen) atoms. The van der Waals surface area contributed by atoms with Crippen LogP contribution in [0.1, 0.15) is 44.9 Å². The largest absolute Gasteiger partial charge is 0.342 e. The normalized spacial score (nSPS) is 19.3. The molecule has 3 nitrogen and oxygen atoms in total. The van der Waals surface area contributed by atoms with Gasteiger partial charge in [0.05, 0.1) is 6.54 Å². The van der Waals surface area contributed by atoms with Crippen LogP contribution in [0.15, 0.2) is 0 Å². The molecule has 0 aromatic rings. The number of carbonyl (C=O) groups is 1. The summed E-state index contributed by atoms with van der Waals surface area (Å²) in [7, 11) is 3.77. The number of nitrogens with one attached hydrogen (secondary N) is 1. The minimum Gasteiger partial charge on any atom is -0.342 e. The first-order valence-corrected chi connectivity index (χ1v) is 6.16. The number of amides is 1.